The highest BCUT2D eigenvalue weighted by Crippen LogP contribution is 2.23. The van der Waals surface area contributed by atoms with Crippen molar-refractivity contribution in [3.05, 3.63) is 57.4 Å². The summed E-state index contributed by atoms with van der Waals surface area (Å²) in [5.41, 5.74) is 1.69. The lowest BCUT2D eigenvalue weighted by Gasteiger charge is -2.23. The van der Waals surface area contributed by atoms with E-state index in [2.05, 4.69) is 10.4 Å². The number of hydrogen-bond acceptors (Lipinski definition) is 4. The van der Waals surface area contributed by atoms with Crippen molar-refractivity contribution in [3.63, 3.8) is 0 Å². The number of benzene rings is 1. The lowest BCUT2D eigenvalue weighted by Crippen LogP contribution is -2.34. The molecule has 1 aromatic heterocycles. The quantitative estimate of drug-likeness (QED) is 0.651. The van der Waals surface area contributed by atoms with Crippen molar-refractivity contribution in [2.24, 2.45) is 5.92 Å². The van der Waals surface area contributed by atoms with E-state index in [1.807, 2.05) is 44.2 Å². The molecule has 2 aromatic rings. The molecule has 0 aliphatic heterocycles. The summed E-state index contributed by atoms with van der Waals surface area (Å²) in [4.78, 5) is 23.0. The van der Waals surface area contributed by atoms with E-state index in [0.29, 0.717) is 11.4 Å². The third-order valence-corrected chi connectivity index (χ3v) is 3.96. The molecular formula is C17H22N4O3. The lowest BCUT2D eigenvalue weighted by molar-refractivity contribution is -0.386. The van der Waals surface area contributed by atoms with E-state index in [9.17, 15) is 14.9 Å². The van der Waals surface area contributed by atoms with Gasteiger partial charge in [0, 0.05) is 0 Å². The van der Waals surface area contributed by atoms with Crippen molar-refractivity contribution >= 4 is 11.6 Å². The fourth-order valence-corrected chi connectivity index (χ4v) is 2.76. The second-order valence-electron chi connectivity index (χ2n) is 6.13. The van der Waals surface area contributed by atoms with Gasteiger partial charge in [0.25, 0.3) is 0 Å². The summed E-state index contributed by atoms with van der Waals surface area (Å²) >= 11 is 0. The number of rotatable bonds is 6. The van der Waals surface area contributed by atoms with Crippen LogP contribution >= 0.6 is 0 Å². The maximum absolute atomic E-state index is 12.4. The van der Waals surface area contributed by atoms with Crippen LogP contribution in [0.25, 0.3) is 0 Å². The number of hydrogen-bond donors (Lipinski definition) is 1. The van der Waals surface area contributed by atoms with Gasteiger partial charge in [0.15, 0.2) is 0 Å². The molecule has 0 bridgehead atoms. The largest absolute Gasteiger partial charge is 0.347 e. The van der Waals surface area contributed by atoms with Gasteiger partial charge in [-0.1, -0.05) is 44.2 Å². The first-order valence-electron chi connectivity index (χ1n) is 7.84. The minimum absolute atomic E-state index is 0.0359. The molecule has 24 heavy (non-hydrogen) atoms. The minimum Gasteiger partial charge on any atom is -0.347 e. The van der Waals surface area contributed by atoms with Crippen LogP contribution < -0.4 is 5.32 Å². The van der Waals surface area contributed by atoms with Crippen LogP contribution in [0, 0.1) is 29.9 Å². The lowest BCUT2D eigenvalue weighted by atomic mass is 9.96. The zero-order valence-corrected chi connectivity index (χ0v) is 14.3. The van der Waals surface area contributed by atoms with Gasteiger partial charge in [-0.2, -0.15) is 5.10 Å². The van der Waals surface area contributed by atoms with Gasteiger partial charge in [-0.15, -0.1) is 0 Å². The van der Waals surface area contributed by atoms with Gasteiger partial charge < -0.3 is 5.32 Å². The number of amides is 1. The molecule has 1 heterocycles. The first-order chi connectivity index (χ1) is 11.3. The number of carbonyl (C=O) groups is 1. The Bertz CT molecular complexity index is 738. The molecule has 0 aliphatic carbocycles. The van der Waals surface area contributed by atoms with Gasteiger partial charge in [-0.25, -0.2) is 0 Å². The Hall–Kier alpha value is -2.70. The molecule has 1 N–H and O–H groups in total. The van der Waals surface area contributed by atoms with Crippen LogP contribution in [0.2, 0.25) is 0 Å². The smallest absolute Gasteiger partial charge is 0.312 e. The summed E-state index contributed by atoms with van der Waals surface area (Å²) in [5, 5.41) is 18.2. The Balaban J connectivity index is 2.15. The molecule has 0 aliphatic rings. The van der Waals surface area contributed by atoms with Crippen molar-refractivity contribution in [1.29, 1.82) is 0 Å². The molecule has 1 unspecified atom stereocenters. The molecule has 1 atom stereocenters. The van der Waals surface area contributed by atoms with Gasteiger partial charge in [-0.05, 0) is 25.3 Å². The predicted molar refractivity (Wildman–Crippen MR) is 90.5 cm³/mol. The number of nitro groups is 1. The summed E-state index contributed by atoms with van der Waals surface area (Å²) in [6.07, 6.45) is 0. The average molecular weight is 330 g/mol. The highest BCUT2D eigenvalue weighted by molar-refractivity contribution is 5.76. The zero-order valence-electron chi connectivity index (χ0n) is 14.3. The van der Waals surface area contributed by atoms with E-state index in [-0.39, 0.29) is 30.1 Å². The highest BCUT2D eigenvalue weighted by Gasteiger charge is 2.24. The minimum atomic E-state index is -0.465. The summed E-state index contributed by atoms with van der Waals surface area (Å²) < 4.78 is 1.38. The third-order valence-electron chi connectivity index (χ3n) is 3.96. The SMILES string of the molecule is Cc1nn(CC(=O)NC(c2ccccc2)C(C)C)c(C)c1[N+](=O)[O-]. The van der Waals surface area contributed by atoms with Crippen molar-refractivity contribution in [1.82, 2.24) is 15.1 Å². The fourth-order valence-electron chi connectivity index (χ4n) is 2.76. The molecular weight excluding hydrogens is 308 g/mol. The third kappa shape index (κ3) is 3.79. The first-order valence-corrected chi connectivity index (χ1v) is 7.84. The Morgan fingerprint density at radius 3 is 2.42 bits per heavy atom. The summed E-state index contributed by atoms with van der Waals surface area (Å²) in [6, 6.07) is 9.61. The normalized spacial score (nSPS) is 12.2. The molecule has 0 radical (unpaired) electrons. The number of nitrogens with one attached hydrogen (secondary N) is 1. The van der Waals surface area contributed by atoms with Crippen LogP contribution in [-0.2, 0) is 11.3 Å². The Labute approximate surface area is 140 Å². The number of nitrogens with zero attached hydrogens (tertiary/aromatic N) is 3. The highest BCUT2D eigenvalue weighted by atomic mass is 16.6. The van der Waals surface area contributed by atoms with Gasteiger partial charge in [-0.3, -0.25) is 19.6 Å². The number of aryl methyl sites for hydroxylation is 1. The molecule has 7 nitrogen and oxygen atoms in total. The van der Waals surface area contributed by atoms with Crippen LogP contribution in [0.1, 0.15) is 36.8 Å². The van der Waals surface area contributed by atoms with Crippen LogP contribution in [0.15, 0.2) is 30.3 Å². The molecule has 0 saturated heterocycles. The van der Waals surface area contributed by atoms with Gasteiger partial charge >= 0.3 is 5.69 Å². The molecule has 2 rings (SSSR count). The Morgan fingerprint density at radius 2 is 1.92 bits per heavy atom. The maximum atomic E-state index is 12.4. The van der Waals surface area contributed by atoms with Crippen molar-refractivity contribution in [2.75, 3.05) is 0 Å². The average Bonchev–Trinajstić information content (AvgIpc) is 2.79. The Morgan fingerprint density at radius 1 is 1.29 bits per heavy atom. The van der Waals surface area contributed by atoms with Gasteiger partial charge in [0.1, 0.15) is 17.9 Å². The van der Waals surface area contributed by atoms with Crippen molar-refractivity contribution in [3.8, 4) is 0 Å². The van der Waals surface area contributed by atoms with E-state index in [0.717, 1.165) is 5.56 Å². The molecule has 0 saturated carbocycles. The van der Waals surface area contributed by atoms with E-state index >= 15 is 0 Å². The number of aromatic nitrogens is 2. The second-order valence-corrected chi connectivity index (χ2v) is 6.13. The zero-order chi connectivity index (χ0) is 17.9. The monoisotopic (exact) mass is 330 g/mol. The molecule has 1 aromatic carbocycles. The predicted octanol–water partition coefficient (Wildman–Crippen LogP) is 2.92. The summed E-state index contributed by atoms with van der Waals surface area (Å²) in [7, 11) is 0. The fraction of sp³-hybridized carbons (Fsp3) is 0.412. The Kier molecular flexibility index (Phi) is 5.33. The van der Waals surface area contributed by atoms with Crippen LogP contribution in [-0.4, -0.2) is 20.6 Å². The van der Waals surface area contributed by atoms with Gasteiger partial charge in [0.2, 0.25) is 5.91 Å². The van der Waals surface area contributed by atoms with E-state index in [4.69, 9.17) is 0 Å². The van der Waals surface area contributed by atoms with Crippen LogP contribution in [0.5, 0.6) is 0 Å². The van der Waals surface area contributed by atoms with Crippen LogP contribution in [0.3, 0.4) is 0 Å². The molecule has 0 fully saturated rings. The molecule has 128 valence electrons. The van der Waals surface area contributed by atoms with E-state index < -0.39 is 4.92 Å². The maximum Gasteiger partial charge on any atom is 0.312 e. The first kappa shape index (κ1) is 17.7. The van der Waals surface area contributed by atoms with Crippen molar-refractivity contribution < 1.29 is 9.72 Å². The molecule has 7 heteroatoms. The molecule has 1 amide bonds. The van der Waals surface area contributed by atoms with Crippen molar-refractivity contribution in [2.45, 2.75) is 40.3 Å². The standard InChI is InChI=1S/C17H22N4O3/c1-11(2)16(14-8-6-5-7-9-14)18-15(22)10-20-13(4)17(21(23)24)12(3)19-20/h5-9,11,16H,10H2,1-4H3,(H,18,22). The topological polar surface area (TPSA) is 90.1 Å². The second kappa shape index (κ2) is 7.25. The summed E-state index contributed by atoms with van der Waals surface area (Å²) in [6.45, 7) is 7.19. The summed E-state index contributed by atoms with van der Waals surface area (Å²) in [5.74, 6) is -0.0100. The van der Waals surface area contributed by atoms with E-state index in [1.165, 1.54) is 4.68 Å². The van der Waals surface area contributed by atoms with Crippen LogP contribution in [0.4, 0.5) is 5.69 Å². The number of carbonyl (C=O) groups excluding carboxylic acids is 1. The van der Waals surface area contributed by atoms with Gasteiger partial charge in [0.05, 0.1) is 11.0 Å². The van der Waals surface area contributed by atoms with E-state index in [1.54, 1.807) is 13.8 Å². The molecule has 0 spiro atoms.